The highest BCUT2D eigenvalue weighted by molar-refractivity contribution is 14.0. The summed E-state index contributed by atoms with van der Waals surface area (Å²) in [6.45, 7) is 8.15. The van der Waals surface area contributed by atoms with Gasteiger partial charge >= 0.3 is 6.18 Å². The number of benzene rings is 1. The monoisotopic (exact) mass is 554 g/mol. The Labute approximate surface area is 200 Å². The van der Waals surface area contributed by atoms with Crippen molar-refractivity contribution in [1.29, 1.82) is 0 Å². The molecule has 0 bridgehead atoms. The fraction of sp³-hybridized carbons (Fsp3) is 0.667. The molecule has 0 radical (unpaired) electrons. The average molecular weight is 554 g/mol. The first kappa shape index (κ1) is 26.1. The van der Waals surface area contributed by atoms with Crippen LogP contribution in [0.3, 0.4) is 0 Å². The van der Waals surface area contributed by atoms with Crippen LogP contribution in [0, 0.1) is 0 Å². The summed E-state index contributed by atoms with van der Waals surface area (Å²) < 4.78 is 38.1. The van der Waals surface area contributed by atoms with Gasteiger partial charge in [-0.1, -0.05) is 12.1 Å². The van der Waals surface area contributed by atoms with Gasteiger partial charge in [0.15, 0.2) is 5.96 Å². The Kier molecular flexibility index (Phi) is 9.84. The van der Waals surface area contributed by atoms with Gasteiger partial charge in [0, 0.05) is 72.0 Å². The zero-order chi connectivity index (χ0) is 21.7. The van der Waals surface area contributed by atoms with E-state index in [2.05, 4.69) is 44.0 Å². The Balaban J connectivity index is 0.00000341. The third-order valence-corrected chi connectivity index (χ3v) is 6.05. The van der Waals surface area contributed by atoms with E-state index < -0.39 is 11.7 Å². The van der Waals surface area contributed by atoms with Crippen molar-refractivity contribution >= 4 is 29.9 Å². The number of piperazine rings is 2. The molecular weight excluding hydrogens is 520 g/mol. The van der Waals surface area contributed by atoms with Gasteiger partial charge in [-0.05, 0) is 31.8 Å². The molecule has 1 atom stereocenters. The summed E-state index contributed by atoms with van der Waals surface area (Å²) >= 11 is 0. The summed E-state index contributed by atoms with van der Waals surface area (Å²) in [4.78, 5) is 13.7. The van der Waals surface area contributed by atoms with Crippen molar-refractivity contribution in [3.8, 4) is 0 Å². The van der Waals surface area contributed by atoms with Gasteiger partial charge in [-0.15, -0.1) is 24.0 Å². The molecule has 0 amide bonds. The second kappa shape index (κ2) is 11.7. The summed E-state index contributed by atoms with van der Waals surface area (Å²) in [5.41, 5.74) is 0.309. The van der Waals surface area contributed by atoms with Gasteiger partial charge in [-0.3, -0.25) is 14.8 Å². The lowest BCUT2D eigenvalue weighted by molar-refractivity contribution is -0.137. The van der Waals surface area contributed by atoms with Gasteiger partial charge in [-0.25, -0.2) is 0 Å². The van der Waals surface area contributed by atoms with Crippen LogP contribution in [0.25, 0.3) is 0 Å². The predicted octanol–water partition coefficient (Wildman–Crippen LogP) is 2.26. The molecule has 1 aromatic rings. The van der Waals surface area contributed by atoms with Crippen LogP contribution in [-0.2, 0) is 12.7 Å². The number of halogens is 4. The fourth-order valence-electron chi connectivity index (χ4n) is 4.04. The maximum Gasteiger partial charge on any atom is 0.416 e. The van der Waals surface area contributed by atoms with E-state index in [1.54, 1.807) is 12.1 Å². The number of aliphatic imine (C=N–C) groups is 1. The first-order chi connectivity index (χ1) is 14.3. The Morgan fingerprint density at radius 3 is 2.26 bits per heavy atom. The fourth-order valence-corrected chi connectivity index (χ4v) is 4.04. The standard InChI is InChI=1S/C21H33F3N6.HI/c1-25-20(26-14-19-16-27(2)8-9-28(19)3)30-12-10-29(11-13-30)15-17-4-6-18(7-5-17)21(22,23)24;/h4-7,19H,8-16H2,1-3H3,(H,25,26);1H. The highest BCUT2D eigenvalue weighted by atomic mass is 127. The molecule has 2 aliphatic rings. The molecule has 2 aliphatic heterocycles. The van der Waals surface area contributed by atoms with Gasteiger partial charge < -0.3 is 15.1 Å². The molecule has 176 valence electrons. The molecule has 1 aromatic carbocycles. The number of likely N-dealkylation sites (N-methyl/N-ethyl adjacent to an activating group) is 2. The van der Waals surface area contributed by atoms with Crippen molar-refractivity contribution in [2.45, 2.75) is 18.8 Å². The molecule has 10 heteroatoms. The van der Waals surface area contributed by atoms with Gasteiger partial charge in [-0.2, -0.15) is 13.2 Å². The molecule has 1 N–H and O–H groups in total. The van der Waals surface area contributed by atoms with E-state index in [-0.39, 0.29) is 24.0 Å². The van der Waals surface area contributed by atoms with Gasteiger partial charge in [0.05, 0.1) is 5.56 Å². The Bertz CT molecular complexity index is 704. The Morgan fingerprint density at radius 1 is 1.03 bits per heavy atom. The van der Waals surface area contributed by atoms with Gasteiger partial charge in [0.25, 0.3) is 0 Å². The van der Waals surface area contributed by atoms with Crippen molar-refractivity contribution in [3.05, 3.63) is 35.4 Å². The zero-order valence-corrected chi connectivity index (χ0v) is 20.9. The minimum Gasteiger partial charge on any atom is -0.355 e. The summed E-state index contributed by atoms with van der Waals surface area (Å²) in [5, 5.41) is 3.53. The molecule has 2 heterocycles. The number of nitrogens with zero attached hydrogens (tertiary/aromatic N) is 5. The molecule has 2 saturated heterocycles. The lowest BCUT2D eigenvalue weighted by atomic mass is 10.1. The van der Waals surface area contributed by atoms with Crippen LogP contribution in [0.2, 0.25) is 0 Å². The number of alkyl halides is 3. The molecule has 3 rings (SSSR count). The lowest BCUT2D eigenvalue weighted by Crippen LogP contribution is -2.57. The topological polar surface area (TPSA) is 37.4 Å². The minimum absolute atomic E-state index is 0. The summed E-state index contributed by atoms with van der Waals surface area (Å²) in [6.07, 6.45) is -4.28. The van der Waals surface area contributed by atoms with E-state index in [0.29, 0.717) is 12.6 Å². The van der Waals surface area contributed by atoms with Gasteiger partial charge in [0.1, 0.15) is 0 Å². The summed E-state index contributed by atoms with van der Waals surface area (Å²) in [6, 6.07) is 5.94. The number of hydrogen-bond acceptors (Lipinski definition) is 4. The molecular formula is C21H34F3IN6. The largest absolute Gasteiger partial charge is 0.416 e. The number of rotatable bonds is 4. The first-order valence-corrected chi connectivity index (χ1v) is 10.5. The molecule has 0 aliphatic carbocycles. The van der Waals surface area contributed by atoms with E-state index in [4.69, 9.17) is 0 Å². The molecule has 0 spiro atoms. The smallest absolute Gasteiger partial charge is 0.355 e. The Hall–Kier alpha value is -1.11. The highest BCUT2D eigenvalue weighted by Gasteiger charge is 2.30. The van der Waals surface area contributed by atoms with Crippen molar-refractivity contribution in [3.63, 3.8) is 0 Å². The van der Waals surface area contributed by atoms with Crippen LogP contribution in [0.5, 0.6) is 0 Å². The SMILES string of the molecule is CN=C(NCC1CN(C)CCN1C)N1CCN(Cc2ccc(C(F)(F)F)cc2)CC1.I. The van der Waals surface area contributed by atoms with E-state index in [0.717, 1.165) is 76.0 Å². The normalized spacial score (nSPS) is 22.3. The van der Waals surface area contributed by atoms with Crippen LogP contribution in [0.1, 0.15) is 11.1 Å². The van der Waals surface area contributed by atoms with E-state index in [1.807, 2.05) is 7.05 Å². The molecule has 31 heavy (non-hydrogen) atoms. The molecule has 1 unspecified atom stereocenters. The molecule has 0 aromatic heterocycles. The first-order valence-electron chi connectivity index (χ1n) is 10.5. The van der Waals surface area contributed by atoms with E-state index >= 15 is 0 Å². The van der Waals surface area contributed by atoms with E-state index in [9.17, 15) is 13.2 Å². The zero-order valence-electron chi connectivity index (χ0n) is 18.5. The van der Waals surface area contributed by atoms with Crippen molar-refractivity contribution < 1.29 is 13.2 Å². The van der Waals surface area contributed by atoms with Crippen molar-refractivity contribution in [2.75, 3.05) is 73.5 Å². The molecule has 2 fully saturated rings. The second-order valence-corrected chi connectivity index (χ2v) is 8.28. The highest BCUT2D eigenvalue weighted by Crippen LogP contribution is 2.29. The quantitative estimate of drug-likeness (QED) is 0.352. The summed E-state index contributed by atoms with van der Waals surface area (Å²) in [7, 11) is 6.14. The van der Waals surface area contributed by atoms with Crippen molar-refractivity contribution in [2.24, 2.45) is 4.99 Å². The number of hydrogen-bond donors (Lipinski definition) is 1. The van der Waals surface area contributed by atoms with Crippen LogP contribution < -0.4 is 5.32 Å². The summed E-state index contributed by atoms with van der Waals surface area (Å²) in [5.74, 6) is 0.922. The Morgan fingerprint density at radius 2 is 1.68 bits per heavy atom. The van der Waals surface area contributed by atoms with Crippen LogP contribution in [0.4, 0.5) is 13.2 Å². The van der Waals surface area contributed by atoms with Crippen LogP contribution in [-0.4, -0.2) is 105 Å². The number of guanidine groups is 1. The van der Waals surface area contributed by atoms with Crippen LogP contribution in [0.15, 0.2) is 29.3 Å². The maximum atomic E-state index is 12.7. The second-order valence-electron chi connectivity index (χ2n) is 8.28. The lowest BCUT2D eigenvalue weighted by Gasteiger charge is -2.40. The predicted molar refractivity (Wildman–Crippen MR) is 129 cm³/mol. The van der Waals surface area contributed by atoms with E-state index in [1.165, 1.54) is 0 Å². The maximum absolute atomic E-state index is 12.7. The van der Waals surface area contributed by atoms with Gasteiger partial charge in [0.2, 0.25) is 0 Å². The van der Waals surface area contributed by atoms with Crippen LogP contribution >= 0.6 is 24.0 Å². The molecule has 0 saturated carbocycles. The minimum atomic E-state index is -4.28. The third-order valence-electron chi connectivity index (χ3n) is 6.05. The third kappa shape index (κ3) is 7.47. The molecule has 6 nitrogen and oxygen atoms in total. The average Bonchev–Trinajstić information content (AvgIpc) is 2.72. The number of nitrogens with one attached hydrogen (secondary N) is 1. The van der Waals surface area contributed by atoms with Crippen molar-refractivity contribution in [1.82, 2.24) is 24.9 Å².